The van der Waals surface area contributed by atoms with E-state index >= 15 is 0 Å². The van der Waals surface area contributed by atoms with E-state index in [2.05, 4.69) is 5.10 Å². The number of methoxy groups -OCH3 is 1. The second-order valence-electron chi connectivity index (χ2n) is 8.02. The van der Waals surface area contributed by atoms with Gasteiger partial charge in [-0.05, 0) is 67.1 Å². The fraction of sp³-hybridized carbons (Fsp3) is 0.107. The zero-order chi connectivity index (χ0) is 24.4. The first kappa shape index (κ1) is 22.3. The van der Waals surface area contributed by atoms with Crippen molar-refractivity contribution in [1.29, 1.82) is 0 Å². The molecule has 0 saturated carbocycles. The molecule has 0 aliphatic carbocycles. The number of nitrogens with zero attached hydrogens (tertiary/aromatic N) is 3. The molecule has 0 fully saturated rings. The number of benzene rings is 3. The zero-order valence-electron chi connectivity index (χ0n) is 19.2. The third kappa shape index (κ3) is 4.48. The molecule has 2 heterocycles. The number of hydrogen-bond donors (Lipinski definition) is 0. The lowest BCUT2D eigenvalue weighted by Crippen LogP contribution is -2.08. The summed E-state index contributed by atoms with van der Waals surface area (Å²) >= 11 is 0. The number of para-hydroxylation sites is 1. The average molecular weight is 468 g/mol. The smallest absolute Gasteiger partial charge is 0.339 e. The van der Waals surface area contributed by atoms with Crippen LogP contribution in [0.3, 0.4) is 0 Å². The van der Waals surface area contributed by atoms with Crippen molar-refractivity contribution in [2.45, 2.75) is 13.5 Å². The molecule has 0 aliphatic heterocycles. The Balaban J connectivity index is 1.62. The Labute approximate surface area is 201 Å². The van der Waals surface area contributed by atoms with E-state index < -0.39 is 5.97 Å². The quantitative estimate of drug-likeness (QED) is 0.291. The number of halogens is 1. The van der Waals surface area contributed by atoms with Crippen molar-refractivity contribution >= 4 is 17.0 Å². The molecule has 3 aromatic carbocycles. The minimum Gasteiger partial charge on any atom is -0.497 e. The molecule has 5 aromatic rings. The molecular formula is C28H22FN3O3. The van der Waals surface area contributed by atoms with Crippen molar-refractivity contribution in [2.24, 2.45) is 0 Å². The van der Waals surface area contributed by atoms with E-state index in [0.717, 1.165) is 17.0 Å². The first-order valence-electron chi connectivity index (χ1n) is 11.1. The molecule has 0 radical (unpaired) electrons. The van der Waals surface area contributed by atoms with Crippen LogP contribution in [-0.2, 0) is 11.3 Å². The van der Waals surface area contributed by atoms with Crippen molar-refractivity contribution in [3.05, 3.63) is 108 Å². The Morgan fingerprint density at radius 2 is 1.69 bits per heavy atom. The molecule has 0 aliphatic rings. The average Bonchev–Trinajstić information content (AvgIpc) is 3.24. The van der Waals surface area contributed by atoms with Gasteiger partial charge in [-0.15, -0.1) is 0 Å². The highest BCUT2D eigenvalue weighted by Gasteiger charge is 2.22. The molecule has 0 unspecified atom stereocenters. The molecule has 2 aromatic heterocycles. The van der Waals surface area contributed by atoms with Gasteiger partial charge in [0.15, 0.2) is 5.65 Å². The summed E-state index contributed by atoms with van der Waals surface area (Å²) in [4.78, 5) is 18.2. The summed E-state index contributed by atoms with van der Waals surface area (Å²) in [7, 11) is 1.61. The minimum atomic E-state index is -0.507. The van der Waals surface area contributed by atoms with Gasteiger partial charge in [-0.25, -0.2) is 18.9 Å². The lowest BCUT2D eigenvalue weighted by atomic mass is 10.1. The molecule has 0 saturated heterocycles. The molecule has 0 bridgehead atoms. The predicted molar refractivity (Wildman–Crippen MR) is 131 cm³/mol. The largest absolute Gasteiger partial charge is 0.497 e. The van der Waals surface area contributed by atoms with Gasteiger partial charge in [0.05, 0.1) is 35.1 Å². The van der Waals surface area contributed by atoms with Crippen LogP contribution in [0, 0.1) is 12.7 Å². The van der Waals surface area contributed by atoms with Gasteiger partial charge in [-0.1, -0.05) is 30.3 Å². The van der Waals surface area contributed by atoms with Crippen molar-refractivity contribution < 1.29 is 18.7 Å². The van der Waals surface area contributed by atoms with E-state index in [9.17, 15) is 9.18 Å². The number of pyridine rings is 1. The van der Waals surface area contributed by atoms with Gasteiger partial charge in [0.2, 0.25) is 0 Å². The molecule has 6 nitrogen and oxygen atoms in total. The van der Waals surface area contributed by atoms with Crippen LogP contribution < -0.4 is 4.74 Å². The normalized spacial score (nSPS) is 10.9. The predicted octanol–water partition coefficient (Wildman–Crippen LogP) is 5.90. The molecule has 0 amide bonds. The van der Waals surface area contributed by atoms with Gasteiger partial charge in [0.25, 0.3) is 0 Å². The molecular weight excluding hydrogens is 445 g/mol. The van der Waals surface area contributed by atoms with Gasteiger partial charge < -0.3 is 9.47 Å². The molecule has 0 N–H and O–H groups in total. The van der Waals surface area contributed by atoms with Crippen LogP contribution >= 0.6 is 0 Å². The summed E-state index contributed by atoms with van der Waals surface area (Å²) < 4.78 is 25.8. The van der Waals surface area contributed by atoms with Gasteiger partial charge in [-0.2, -0.15) is 5.10 Å². The number of aromatic nitrogens is 3. The van der Waals surface area contributed by atoms with Crippen LogP contribution in [0.2, 0.25) is 0 Å². The standard InChI is InChI=1S/C28H22FN3O3/c1-18-26-24(28(33)35-17-19-8-12-21(29)13-9-19)16-25(20-10-14-23(34-2)15-11-20)30-27(26)32(31-18)22-6-4-3-5-7-22/h3-16H,17H2,1-2H3. The second kappa shape index (κ2) is 9.38. The summed E-state index contributed by atoms with van der Waals surface area (Å²) in [5.74, 6) is -0.130. The number of fused-ring (bicyclic) bond motifs is 1. The summed E-state index contributed by atoms with van der Waals surface area (Å²) in [6.07, 6.45) is 0. The molecule has 0 atom stereocenters. The molecule has 7 heteroatoms. The van der Waals surface area contributed by atoms with Crippen LogP contribution in [0.5, 0.6) is 5.75 Å². The number of ether oxygens (including phenoxy) is 2. The lowest BCUT2D eigenvalue weighted by molar-refractivity contribution is 0.0475. The van der Waals surface area contributed by atoms with Crippen LogP contribution in [0.4, 0.5) is 4.39 Å². The summed E-state index contributed by atoms with van der Waals surface area (Å²) in [5, 5.41) is 5.30. The maximum absolute atomic E-state index is 13.3. The highest BCUT2D eigenvalue weighted by molar-refractivity contribution is 6.05. The van der Waals surface area contributed by atoms with Crippen molar-refractivity contribution in [3.63, 3.8) is 0 Å². The fourth-order valence-corrected chi connectivity index (χ4v) is 3.92. The van der Waals surface area contributed by atoms with Crippen LogP contribution in [0.25, 0.3) is 28.0 Å². The molecule has 35 heavy (non-hydrogen) atoms. The van der Waals surface area contributed by atoms with E-state index in [1.807, 2.05) is 61.5 Å². The topological polar surface area (TPSA) is 66.2 Å². The molecule has 174 valence electrons. The minimum absolute atomic E-state index is 0.0205. The monoisotopic (exact) mass is 467 g/mol. The second-order valence-corrected chi connectivity index (χ2v) is 8.02. The number of esters is 1. The van der Waals surface area contributed by atoms with Crippen molar-refractivity contribution in [2.75, 3.05) is 7.11 Å². The highest BCUT2D eigenvalue weighted by atomic mass is 19.1. The number of rotatable bonds is 6. The van der Waals surface area contributed by atoms with Crippen LogP contribution in [0.15, 0.2) is 84.9 Å². The number of hydrogen-bond acceptors (Lipinski definition) is 5. The molecule has 5 rings (SSSR count). The Bertz CT molecular complexity index is 1500. The van der Waals surface area contributed by atoms with Gasteiger partial charge in [0.1, 0.15) is 18.2 Å². The molecule has 0 spiro atoms. The first-order valence-corrected chi connectivity index (χ1v) is 11.1. The lowest BCUT2D eigenvalue weighted by Gasteiger charge is -2.10. The number of carbonyl (C=O) groups excluding carboxylic acids is 1. The van der Waals surface area contributed by atoms with Crippen molar-refractivity contribution in [3.8, 4) is 22.7 Å². The highest BCUT2D eigenvalue weighted by Crippen LogP contribution is 2.30. The third-order valence-corrected chi connectivity index (χ3v) is 5.70. The third-order valence-electron chi connectivity index (χ3n) is 5.70. The Kier molecular flexibility index (Phi) is 5.97. The van der Waals surface area contributed by atoms with Gasteiger partial charge in [0, 0.05) is 5.56 Å². The van der Waals surface area contributed by atoms with Crippen molar-refractivity contribution in [1.82, 2.24) is 14.8 Å². The van der Waals surface area contributed by atoms with E-state index in [1.54, 1.807) is 30.0 Å². The maximum atomic E-state index is 13.3. The number of carbonyl (C=O) groups is 1. The van der Waals surface area contributed by atoms with Gasteiger partial charge in [-0.3, -0.25) is 0 Å². The van der Waals surface area contributed by atoms with E-state index in [1.165, 1.54) is 12.1 Å². The first-order chi connectivity index (χ1) is 17.0. The van der Waals surface area contributed by atoms with E-state index in [4.69, 9.17) is 14.5 Å². The maximum Gasteiger partial charge on any atom is 0.339 e. The SMILES string of the molecule is COc1ccc(-c2cc(C(=O)OCc3ccc(F)cc3)c3c(C)nn(-c4ccccc4)c3n2)cc1. The Hall–Kier alpha value is -4.52. The summed E-state index contributed by atoms with van der Waals surface area (Å²) in [6, 6.07) is 24.7. The van der Waals surface area contributed by atoms with Crippen LogP contribution in [-0.4, -0.2) is 27.8 Å². The van der Waals surface area contributed by atoms with E-state index in [0.29, 0.717) is 33.5 Å². The zero-order valence-corrected chi connectivity index (χ0v) is 19.2. The fourth-order valence-electron chi connectivity index (χ4n) is 3.92. The summed E-state index contributed by atoms with van der Waals surface area (Å²) in [5.41, 5.74) is 4.52. The summed E-state index contributed by atoms with van der Waals surface area (Å²) in [6.45, 7) is 1.86. The van der Waals surface area contributed by atoms with Crippen LogP contribution in [0.1, 0.15) is 21.6 Å². The number of aryl methyl sites for hydroxylation is 1. The van der Waals surface area contributed by atoms with E-state index in [-0.39, 0.29) is 12.4 Å². The Morgan fingerprint density at radius 3 is 2.37 bits per heavy atom. The van der Waals surface area contributed by atoms with Gasteiger partial charge >= 0.3 is 5.97 Å². The Morgan fingerprint density at radius 1 is 0.971 bits per heavy atom.